The molecule has 6 atom stereocenters. The van der Waals surface area contributed by atoms with Crippen LogP contribution < -0.4 is 5.73 Å². The van der Waals surface area contributed by atoms with Gasteiger partial charge in [-0.05, 0) is 57.6 Å². The number of cyclic esters (lactones) is 1. The van der Waals surface area contributed by atoms with Crippen LogP contribution in [-0.4, -0.2) is 51.3 Å². The summed E-state index contributed by atoms with van der Waals surface area (Å²) in [5.41, 5.74) is 7.86. The maximum absolute atomic E-state index is 13.2. The summed E-state index contributed by atoms with van der Waals surface area (Å²) in [6, 6.07) is -0.586. The summed E-state index contributed by atoms with van der Waals surface area (Å²) in [5, 5.41) is 24.5. The minimum Gasteiger partial charge on any atom is -0.456 e. The third kappa shape index (κ3) is 7.81. The molecular formula is C27H42N2O5S. The molecule has 0 bridgehead atoms. The minimum atomic E-state index is -1.26. The molecule has 0 aromatic carbocycles. The van der Waals surface area contributed by atoms with Gasteiger partial charge in [0.05, 0.1) is 40.8 Å². The first-order valence-corrected chi connectivity index (χ1v) is 13.2. The van der Waals surface area contributed by atoms with Gasteiger partial charge in [0, 0.05) is 11.3 Å². The summed E-state index contributed by atoms with van der Waals surface area (Å²) in [6.07, 6.45) is 2.96. The van der Waals surface area contributed by atoms with Gasteiger partial charge in [0.25, 0.3) is 0 Å². The van der Waals surface area contributed by atoms with Gasteiger partial charge in [0.15, 0.2) is 0 Å². The molecule has 0 saturated carbocycles. The van der Waals surface area contributed by atoms with Crippen molar-refractivity contribution in [3.8, 4) is 0 Å². The fraction of sp³-hybridized carbons (Fsp3) is 0.667. The van der Waals surface area contributed by atoms with Crippen LogP contribution >= 0.6 is 11.3 Å². The Hall–Kier alpha value is -1.87. The van der Waals surface area contributed by atoms with E-state index in [1.807, 2.05) is 45.2 Å². The van der Waals surface area contributed by atoms with E-state index in [1.165, 1.54) is 11.3 Å². The van der Waals surface area contributed by atoms with Gasteiger partial charge in [0.1, 0.15) is 11.9 Å². The monoisotopic (exact) mass is 506 g/mol. The lowest BCUT2D eigenvalue weighted by molar-refractivity contribution is -0.154. The fourth-order valence-corrected chi connectivity index (χ4v) is 5.18. The molecule has 196 valence electrons. The zero-order valence-corrected chi connectivity index (χ0v) is 22.9. The number of aliphatic hydroxyl groups excluding tert-OH is 2. The Morgan fingerprint density at radius 1 is 1.26 bits per heavy atom. The number of Topliss-reactive ketones (excluding diaryl/α,β-unsaturated/α-hetero) is 1. The molecular weight excluding hydrogens is 464 g/mol. The first kappa shape index (κ1) is 29.4. The molecule has 7 nitrogen and oxygen atoms in total. The van der Waals surface area contributed by atoms with Gasteiger partial charge in [-0.2, -0.15) is 0 Å². The average Bonchev–Trinajstić information content (AvgIpc) is 3.19. The first-order chi connectivity index (χ1) is 16.2. The maximum Gasteiger partial charge on any atom is 0.309 e. The number of rotatable bonds is 2. The second-order valence-electron chi connectivity index (χ2n) is 10.6. The van der Waals surface area contributed by atoms with Crippen molar-refractivity contribution in [3.63, 3.8) is 0 Å². The predicted octanol–water partition coefficient (Wildman–Crippen LogP) is 4.20. The standard InChI is InChI=1S/C27H42N2O5S/c1-15-9-8-10-16(2)24(32)18(4)26(33)27(6,7)22(30)13-23(31)34-25(21(28)11-15)17(3)12-20-14-35-19(5)29-20/h11-12,14,16,18,21-22,24-25,30,32H,8-10,13,28H2,1-7H3/b15-11-,17-12+. The second kappa shape index (κ2) is 12.4. The number of aromatic nitrogens is 1. The summed E-state index contributed by atoms with van der Waals surface area (Å²) >= 11 is 1.53. The normalized spacial score (nSPS) is 33.7. The van der Waals surface area contributed by atoms with Crippen molar-refractivity contribution in [2.45, 2.75) is 98.5 Å². The van der Waals surface area contributed by atoms with Crippen LogP contribution in [0.2, 0.25) is 0 Å². The minimum absolute atomic E-state index is 0.0827. The summed E-state index contributed by atoms with van der Waals surface area (Å²) < 4.78 is 5.79. The number of carbonyl (C=O) groups is 2. The Balaban J connectivity index is 2.40. The van der Waals surface area contributed by atoms with E-state index in [1.54, 1.807) is 20.8 Å². The predicted molar refractivity (Wildman–Crippen MR) is 140 cm³/mol. The van der Waals surface area contributed by atoms with Crippen LogP contribution in [0.5, 0.6) is 0 Å². The molecule has 35 heavy (non-hydrogen) atoms. The Labute approximate surface area is 213 Å². The van der Waals surface area contributed by atoms with E-state index in [0.717, 1.165) is 41.1 Å². The van der Waals surface area contributed by atoms with Crippen molar-refractivity contribution < 1.29 is 24.5 Å². The number of esters is 1. The Morgan fingerprint density at radius 3 is 2.51 bits per heavy atom. The van der Waals surface area contributed by atoms with Crippen molar-refractivity contribution in [2.24, 2.45) is 23.0 Å². The van der Waals surface area contributed by atoms with Crippen LogP contribution in [0, 0.1) is 24.2 Å². The SMILES string of the molecule is C/C1=C/C(N)C(/C(C)=C/c2csc(C)n2)OC(=O)CC(O)C(C)(C)C(=O)C(C)C(O)C(C)CCC1. The molecule has 1 aliphatic heterocycles. The zero-order valence-electron chi connectivity index (χ0n) is 22.1. The van der Waals surface area contributed by atoms with Gasteiger partial charge in [0.2, 0.25) is 0 Å². The van der Waals surface area contributed by atoms with Crippen molar-refractivity contribution in [3.05, 3.63) is 33.3 Å². The maximum atomic E-state index is 13.2. The van der Waals surface area contributed by atoms with Gasteiger partial charge in [-0.3, -0.25) is 9.59 Å². The highest BCUT2D eigenvalue weighted by atomic mass is 32.1. The van der Waals surface area contributed by atoms with Crippen molar-refractivity contribution in [1.82, 2.24) is 4.98 Å². The van der Waals surface area contributed by atoms with Gasteiger partial charge in [-0.1, -0.05) is 39.3 Å². The van der Waals surface area contributed by atoms with Crippen LogP contribution in [0.1, 0.15) is 77.9 Å². The fourth-order valence-electron chi connectivity index (χ4n) is 4.61. The molecule has 0 fully saturated rings. The smallest absolute Gasteiger partial charge is 0.309 e. The molecule has 0 spiro atoms. The number of nitrogens with two attached hydrogens (primary N) is 1. The van der Waals surface area contributed by atoms with Gasteiger partial charge in [-0.25, -0.2) is 4.98 Å². The number of thiazole rings is 1. The Kier molecular flexibility index (Phi) is 10.4. The number of aliphatic hydroxyl groups is 2. The molecule has 6 unspecified atom stereocenters. The number of allylic oxidation sites excluding steroid dienone is 1. The zero-order chi connectivity index (χ0) is 26.5. The van der Waals surface area contributed by atoms with Crippen LogP contribution in [0.4, 0.5) is 0 Å². The number of aryl methyl sites for hydroxylation is 1. The van der Waals surface area contributed by atoms with Crippen LogP contribution in [0.3, 0.4) is 0 Å². The number of hydrogen-bond donors (Lipinski definition) is 3. The van der Waals surface area contributed by atoms with Crippen molar-refractivity contribution in [1.29, 1.82) is 0 Å². The van der Waals surface area contributed by atoms with E-state index in [-0.39, 0.29) is 18.1 Å². The molecule has 1 aromatic rings. The molecule has 0 amide bonds. The molecule has 0 radical (unpaired) electrons. The summed E-state index contributed by atoms with van der Waals surface area (Å²) in [6.45, 7) is 12.6. The highest BCUT2D eigenvalue weighted by Gasteiger charge is 2.42. The molecule has 0 saturated heterocycles. The topological polar surface area (TPSA) is 123 Å². The number of carbonyl (C=O) groups excluding carboxylic acids is 2. The van der Waals surface area contributed by atoms with Crippen molar-refractivity contribution in [2.75, 3.05) is 0 Å². The number of ether oxygens (including phenoxy) is 1. The summed E-state index contributed by atoms with van der Waals surface area (Å²) in [4.78, 5) is 30.6. The van der Waals surface area contributed by atoms with E-state index in [2.05, 4.69) is 4.98 Å². The molecule has 0 aliphatic carbocycles. The first-order valence-electron chi connectivity index (χ1n) is 12.4. The summed E-state index contributed by atoms with van der Waals surface area (Å²) in [7, 11) is 0. The van der Waals surface area contributed by atoms with Crippen LogP contribution in [0.15, 0.2) is 22.6 Å². The molecule has 8 heteroatoms. The molecule has 4 N–H and O–H groups in total. The van der Waals surface area contributed by atoms with Crippen molar-refractivity contribution >= 4 is 29.2 Å². The van der Waals surface area contributed by atoms with Crippen LogP contribution in [0.25, 0.3) is 6.08 Å². The third-order valence-electron chi connectivity index (χ3n) is 7.11. The number of ketones is 1. The number of hydrogen-bond acceptors (Lipinski definition) is 8. The Morgan fingerprint density at radius 2 is 1.91 bits per heavy atom. The highest BCUT2D eigenvalue weighted by Crippen LogP contribution is 2.32. The average molecular weight is 507 g/mol. The quantitative estimate of drug-likeness (QED) is 0.406. The van der Waals surface area contributed by atoms with E-state index in [9.17, 15) is 19.8 Å². The molecule has 2 heterocycles. The second-order valence-corrected chi connectivity index (χ2v) is 11.7. The lowest BCUT2D eigenvalue weighted by Gasteiger charge is -2.34. The van der Waals surface area contributed by atoms with Gasteiger partial charge < -0.3 is 20.7 Å². The lowest BCUT2D eigenvalue weighted by Crippen LogP contribution is -2.46. The number of nitrogens with zero attached hydrogens (tertiary/aromatic N) is 1. The van der Waals surface area contributed by atoms with Gasteiger partial charge in [-0.15, -0.1) is 11.3 Å². The van der Waals surface area contributed by atoms with E-state index in [4.69, 9.17) is 10.5 Å². The summed E-state index contributed by atoms with van der Waals surface area (Å²) in [5.74, 6) is -1.66. The Bertz CT molecular complexity index is 951. The van der Waals surface area contributed by atoms with Crippen LogP contribution in [-0.2, 0) is 14.3 Å². The van der Waals surface area contributed by atoms with E-state index in [0.29, 0.717) is 0 Å². The lowest BCUT2D eigenvalue weighted by atomic mass is 9.73. The highest BCUT2D eigenvalue weighted by molar-refractivity contribution is 7.09. The third-order valence-corrected chi connectivity index (χ3v) is 7.91. The molecule has 2 rings (SSSR count). The van der Waals surface area contributed by atoms with E-state index < -0.39 is 41.7 Å². The van der Waals surface area contributed by atoms with E-state index >= 15 is 0 Å². The van der Waals surface area contributed by atoms with Gasteiger partial charge >= 0.3 is 5.97 Å². The molecule has 1 aromatic heterocycles. The largest absolute Gasteiger partial charge is 0.456 e. The molecule has 1 aliphatic rings.